The quantitative estimate of drug-likeness (QED) is 0.917. The van der Waals surface area contributed by atoms with Gasteiger partial charge in [-0.1, -0.05) is 28.1 Å². The van der Waals surface area contributed by atoms with Crippen LogP contribution in [0.4, 0.5) is 0 Å². The van der Waals surface area contributed by atoms with Gasteiger partial charge in [0.05, 0.1) is 12.2 Å². The molecule has 3 nitrogen and oxygen atoms in total. The summed E-state index contributed by atoms with van der Waals surface area (Å²) in [6.45, 7) is 4.28. The van der Waals surface area contributed by atoms with Crippen molar-refractivity contribution in [2.75, 3.05) is 13.1 Å². The Kier molecular flexibility index (Phi) is 3.71. The SMILES string of the molecule is Cc1cc(-c2cnn(C3CCCNC3)c2)ccc1Br. The van der Waals surface area contributed by atoms with Crippen LogP contribution in [0.25, 0.3) is 11.1 Å². The van der Waals surface area contributed by atoms with Gasteiger partial charge in [0.2, 0.25) is 0 Å². The fourth-order valence-corrected chi connectivity index (χ4v) is 2.82. The number of nitrogens with one attached hydrogen (secondary N) is 1. The Morgan fingerprint density at radius 1 is 1.37 bits per heavy atom. The van der Waals surface area contributed by atoms with Crippen LogP contribution in [0, 0.1) is 6.92 Å². The molecule has 1 saturated heterocycles. The van der Waals surface area contributed by atoms with Crippen LogP contribution >= 0.6 is 15.9 Å². The molecule has 1 aromatic carbocycles. The molecule has 2 heterocycles. The van der Waals surface area contributed by atoms with Gasteiger partial charge in [-0.05, 0) is 43.5 Å². The molecule has 0 bridgehead atoms. The minimum atomic E-state index is 0.499. The highest BCUT2D eigenvalue weighted by atomic mass is 79.9. The number of nitrogens with zero attached hydrogens (tertiary/aromatic N) is 2. The first-order valence-corrected chi connectivity index (χ1v) is 7.55. The first-order valence-electron chi connectivity index (χ1n) is 6.75. The molecule has 1 aliphatic rings. The zero-order valence-electron chi connectivity index (χ0n) is 11.1. The maximum absolute atomic E-state index is 4.53. The summed E-state index contributed by atoms with van der Waals surface area (Å²) in [4.78, 5) is 0. The van der Waals surface area contributed by atoms with Gasteiger partial charge in [-0.3, -0.25) is 4.68 Å². The van der Waals surface area contributed by atoms with E-state index in [0.29, 0.717) is 6.04 Å². The molecule has 1 aromatic heterocycles. The summed E-state index contributed by atoms with van der Waals surface area (Å²) < 4.78 is 3.26. The van der Waals surface area contributed by atoms with Gasteiger partial charge in [-0.25, -0.2) is 0 Å². The largest absolute Gasteiger partial charge is 0.315 e. The minimum Gasteiger partial charge on any atom is -0.315 e. The second kappa shape index (κ2) is 5.47. The van der Waals surface area contributed by atoms with Gasteiger partial charge in [-0.15, -0.1) is 0 Å². The lowest BCUT2D eigenvalue weighted by molar-refractivity contribution is 0.347. The molecule has 0 amide bonds. The van der Waals surface area contributed by atoms with Crippen LogP contribution in [0.2, 0.25) is 0 Å². The Morgan fingerprint density at radius 3 is 3.00 bits per heavy atom. The molecule has 0 spiro atoms. The van der Waals surface area contributed by atoms with Crippen molar-refractivity contribution in [1.82, 2.24) is 15.1 Å². The van der Waals surface area contributed by atoms with Crippen molar-refractivity contribution >= 4 is 15.9 Å². The summed E-state index contributed by atoms with van der Waals surface area (Å²) in [5, 5.41) is 7.97. The maximum atomic E-state index is 4.53. The van der Waals surface area contributed by atoms with Crippen molar-refractivity contribution in [3.05, 3.63) is 40.6 Å². The predicted molar refractivity (Wildman–Crippen MR) is 81.2 cm³/mol. The summed E-state index contributed by atoms with van der Waals surface area (Å²) in [7, 11) is 0. The average Bonchev–Trinajstić information content (AvgIpc) is 2.93. The molecule has 2 aromatic rings. The molecular weight excluding hydrogens is 302 g/mol. The molecule has 0 saturated carbocycles. The van der Waals surface area contributed by atoms with Crippen LogP contribution in [-0.2, 0) is 0 Å². The highest BCUT2D eigenvalue weighted by molar-refractivity contribution is 9.10. The average molecular weight is 320 g/mol. The lowest BCUT2D eigenvalue weighted by atomic mass is 10.1. The van der Waals surface area contributed by atoms with Gasteiger partial charge in [0.1, 0.15) is 0 Å². The topological polar surface area (TPSA) is 29.9 Å². The Labute approximate surface area is 122 Å². The van der Waals surface area contributed by atoms with Crippen LogP contribution in [0.15, 0.2) is 35.1 Å². The van der Waals surface area contributed by atoms with Crippen molar-refractivity contribution in [2.45, 2.75) is 25.8 Å². The van der Waals surface area contributed by atoms with Crippen molar-refractivity contribution in [3.63, 3.8) is 0 Å². The fourth-order valence-electron chi connectivity index (χ4n) is 2.57. The molecule has 1 atom stereocenters. The molecule has 0 aliphatic carbocycles. The number of piperidine rings is 1. The van der Waals surface area contributed by atoms with E-state index in [0.717, 1.165) is 17.6 Å². The summed E-state index contributed by atoms with van der Waals surface area (Å²) in [5.74, 6) is 0. The summed E-state index contributed by atoms with van der Waals surface area (Å²) in [6.07, 6.45) is 6.59. The van der Waals surface area contributed by atoms with Crippen molar-refractivity contribution in [3.8, 4) is 11.1 Å². The van der Waals surface area contributed by atoms with Crippen LogP contribution < -0.4 is 5.32 Å². The van der Waals surface area contributed by atoms with Gasteiger partial charge in [0.25, 0.3) is 0 Å². The summed E-state index contributed by atoms with van der Waals surface area (Å²) in [6, 6.07) is 6.94. The molecule has 1 unspecified atom stereocenters. The molecule has 1 fully saturated rings. The van der Waals surface area contributed by atoms with E-state index < -0.39 is 0 Å². The number of benzene rings is 1. The van der Waals surface area contributed by atoms with Gasteiger partial charge >= 0.3 is 0 Å². The minimum absolute atomic E-state index is 0.499. The van der Waals surface area contributed by atoms with E-state index in [1.54, 1.807) is 0 Å². The van der Waals surface area contributed by atoms with Gasteiger partial charge in [0.15, 0.2) is 0 Å². The smallest absolute Gasteiger partial charge is 0.0644 e. The summed E-state index contributed by atoms with van der Waals surface area (Å²) in [5.41, 5.74) is 3.68. The number of rotatable bonds is 2. The monoisotopic (exact) mass is 319 g/mol. The van der Waals surface area contributed by atoms with Crippen LogP contribution in [0.1, 0.15) is 24.4 Å². The van der Waals surface area contributed by atoms with E-state index in [-0.39, 0.29) is 0 Å². The number of halogens is 1. The lowest BCUT2D eigenvalue weighted by Crippen LogP contribution is -2.31. The van der Waals surface area contributed by atoms with E-state index in [1.165, 1.54) is 29.5 Å². The molecule has 3 rings (SSSR count). The van der Waals surface area contributed by atoms with Crippen LogP contribution in [-0.4, -0.2) is 22.9 Å². The number of hydrogen-bond donors (Lipinski definition) is 1. The number of aromatic nitrogens is 2. The molecular formula is C15H18BrN3. The van der Waals surface area contributed by atoms with Crippen LogP contribution in [0.5, 0.6) is 0 Å². The Hall–Kier alpha value is -1.13. The third kappa shape index (κ3) is 2.74. The number of aryl methyl sites for hydroxylation is 1. The third-order valence-electron chi connectivity index (χ3n) is 3.74. The zero-order valence-corrected chi connectivity index (χ0v) is 12.7. The highest BCUT2D eigenvalue weighted by Gasteiger charge is 2.15. The Morgan fingerprint density at radius 2 is 2.26 bits per heavy atom. The van der Waals surface area contributed by atoms with E-state index in [9.17, 15) is 0 Å². The van der Waals surface area contributed by atoms with E-state index in [2.05, 4.69) is 62.3 Å². The zero-order chi connectivity index (χ0) is 13.2. The molecule has 4 heteroatoms. The predicted octanol–water partition coefficient (Wildman–Crippen LogP) is 3.55. The number of hydrogen-bond acceptors (Lipinski definition) is 2. The van der Waals surface area contributed by atoms with Crippen molar-refractivity contribution in [2.24, 2.45) is 0 Å². The lowest BCUT2D eigenvalue weighted by Gasteiger charge is -2.22. The van der Waals surface area contributed by atoms with E-state index in [4.69, 9.17) is 0 Å². The Balaban J connectivity index is 1.85. The standard InChI is InChI=1S/C15H18BrN3/c1-11-7-12(4-5-15(11)16)13-8-18-19(10-13)14-3-2-6-17-9-14/h4-5,7-8,10,14,17H,2-3,6,9H2,1H3. The van der Waals surface area contributed by atoms with E-state index >= 15 is 0 Å². The van der Waals surface area contributed by atoms with Gasteiger partial charge in [-0.2, -0.15) is 5.10 Å². The van der Waals surface area contributed by atoms with Gasteiger partial charge < -0.3 is 5.32 Å². The summed E-state index contributed by atoms with van der Waals surface area (Å²) >= 11 is 3.54. The Bertz CT molecular complexity index is 571. The second-order valence-corrected chi connectivity index (χ2v) is 6.03. The van der Waals surface area contributed by atoms with Crippen molar-refractivity contribution < 1.29 is 0 Å². The maximum Gasteiger partial charge on any atom is 0.0644 e. The molecule has 100 valence electrons. The second-order valence-electron chi connectivity index (χ2n) is 5.17. The molecule has 1 aliphatic heterocycles. The van der Waals surface area contributed by atoms with Crippen LogP contribution in [0.3, 0.4) is 0 Å². The first-order chi connectivity index (χ1) is 9.24. The highest BCUT2D eigenvalue weighted by Crippen LogP contribution is 2.26. The molecule has 19 heavy (non-hydrogen) atoms. The molecule has 0 radical (unpaired) electrons. The molecule has 1 N–H and O–H groups in total. The fraction of sp³-hybridized carbons (Fsp3) is 0.400. The first kappa shape index (κ1) is 12.9. The third-order valence-corrected chi connectivity index (χ3v) is 4.63. The van der Waals surface area contributed by atoms with Crippen molar-refractivity contribution in [1.29, 1.82) is 0 Å². The van der Waals surface area contributed by atoms with Gasteiger partial charge in [0, 0.05) is 22.8 Å². The van der Waals surface area contributed by atoms with E-state index in [1.807, 2.05) is 6.20 Å². The normalized spacial score (nSPS) is 19.6.